The van der Waals surface area contributed by atoms with Gasteiger partial charge in [-0.05, 0) is 34.3 Å². The largest absolute Gasteiger partial charge is 0.370 e. The average molecular weight is 255 g/mol. The highest BCUT2D eigenvalue weighted by Gasteiger charge is 2.21. The molecule has 0 aromatic carbocycles. The molecule has 1 aromatic rings. The maximum Gasteiger partial charge on any atom is 0.0564 e. The van der Waals surface area contributed by atoms with Crippen LogP contribution in [-0.4, -0.2) is 18.1 Å². The van der Waals surface area contributed by atoms with E-state index in [0.29, 0.717) is 0 Å². The Bertz CT molecular complexity index is 314. The van der Waals surface area contributed by atoms with E-state index < -0.39 is 0 Å². The van der Waals surface area contributed by atoms with Crippen LogP contribution in [0.2, 0.25) is 0 Å². The van der Waals surface area contributed by atoms with Gasteiger partial charge in [-0.25, -0.2) is 0 Å². The van der Waals surface area contributed by atoms with E-state index in [9.17, 15) is 0 Å². The predicted molar refractivity (Wildman–Crippen MR) is 62.5 cm³/mol. The van der Waals surface area contributed by atoms with E-state index in [-0.39, 0.29) is 0 Å². The van der Waals surface area contributed by atoms with Crippen molar-refractivity contribution in [2.24, 2.45) is 5.92 Å². The fraction of sp³-hybridized carbons (Fsp3) is 0.545. The van der Waals surface area contributed by atoms with E-state index in [2.05, 4.69) is 38.8 Å². The fourth-order valence-electron chi connectivity index (χ4n) is 1.97. The van der Waals surface area contributed by atoms with Crippen LogP contribution in [0.25, 0.3) is 0 Å². The summed E-state index contributed by atoms with van der Waals surface area (Å²) in [5.41, 5.74) is 1.25. The molecule has 0 radical (unpaired) electrons. The van der Waals surface area contributed by atoms with Gasteiger partial charge in [0.05, 0.1) is 11.9 Å². The van der Waals surface area contributed by atoms with Crippen LogP contribution in [0.15, 0.2) is 22.9 Å². The van der Waals surface area contributed by atoms with E-state index in [4.69, 9.17) is 0 Å². The highest BCUT2D eigenvalue weighted by molar-refractivity contribution is 9.10. The first-order valence-electron chi connectivity index (χ1n) is 5.15. The molecule has 3 heteroatoms. The number of pyridine rings is 1. The quantitative estimate of drug-likeness (QED) is 0.807. The molecule has 1 fully saturated rings. The second-order valence-electron chi connectivity index (χ2n) is 3.87. The van der Waals surface area contributed by atoms with Crippen LogP contribution >= 0.6 is 15.9 Å². The lowest BCUT2D eigenvalue weighted by atomic mass is 10.1. The Morgan fingerprint density at radius 1 is 1.57 bits per heavy atom. The molecule has 1 unspecified atom stereocenters. The summed E-state index contributed by atoms with van der Waals surface area (Å²) in [6.07, 6.45) is 6.39. The zero-order valence-corrected chi connectivity index (χ0v) is 10.00. The van der Waals surface area contributed by atoms with Gasteiger partial charge in [0.1, 0.15) is 0 Å². The van der Waals surface area contributed by atoms with Crippen molar-refractivity contribution in [1.82, 2.24) is 4.98 Å². The summed E-state index contributed by atoms with van der Waals surface area (Å²) < 4.78 is 1.06. The number of hydrogen-bond donors (Lipinski definition) is 0. The first kappa shape index (κ1) is 9.97. The zero-order valence-electron chi connectivity index (χ0n) is 8.41. The van der Waals surface area contributed by atoms with Crippen molar-refractivity contribution in [2.45, 2.75) is 19.8 Å². The van der Waals surface area contributed by atoms with Crippen molar-refractivity contribution in [3.05, 3.63) is 22.9 Å². The van der Waals surface area contributed by atoms with Gasteiger partial charge >= 0.3 is 0 Å². The Kier molecular flexibility index (Phi) is 3.06. The van der Waals surface area contributed by atoms with Gasteiger partial charge in [-0.15, -0.1) is 0 Å². The minimum Gasteiger partial charge on any atom is -0.370 e. The standard InChI is InChI=1S/C11H15BrN2/c1-2-9-3-4-14(8-9)11-5-10(12)6-13-7-11/h5-7,9H,2-4,8H2,1H3. The van der Waals surface area contributed by atoms with Gasteiger partial charge in [-0.3, -0.25) is 4.98 Å². The van der Waals surface area contributed by atoms with Gasteiger partial charge in [0.2, 0.25) is 0 Å². The third kappa shape index (κ3) is 2.08. The summed E-state index contributed by atoms with van der Waals surface area (Å²) >= 11 is 3.45. The van der Waals surface area contributed by atoms with Gasteiger partial charge < -0.3 is 4.90 Å². The van der Waals surface area contributed by atoms with Gasteiger partial charge in [0.15, 0.2) is 0 Å². The molecule has 1 saturated heterocycles. The van der Waals surface area contributed by atoms with Crippen molar-refractivity contribution in [1.29, 1.82) is 0 Å². The summed E-state index contributed by atoms with van der Waals surface area (Å²) in [4.78, 5) is 6.61. The first-order valence-corrected chi connectivity index (χ1v) is 5.94. The lowest BCUT2D eigenvalue weighted by Crippen LogP contribution is -2.19. The first-order chi connectivity index (χ1) is 6.79. The van der Waals surface area contributed by atoms with Crippen LogP contribution in [-0.2, 0) is 0 Å². The summed E-state index contributed by atoms with van der Waals surface area (Å²) in [7, 11) is 0. The van der Waals surface area contributed by atoms with Crippen molar-refractivity contribution in [3.63, 3.8) is 0 Å². The summed E-state index contributed by atoms with van der Waals surface area (Å²) in [5, 5.41) is 0. The smallest absolute Gasteiger partial charge is 0.0564 e. The van der Waals surface area contributed by atoms with Crippen LogP contribution in [0.3, 0.4) is 0 Å². The second kappa shape index (κ2) is 4.30. The average Bonchev–Trinajstić information content (AvgIpc) is 2.66. The summed E-state index contributed by atoms with van der Waals surface area (Å²) in [6, 6.07) is 2.14. The minimum atomic E-state index is 0.869. The molecule has 1 atom stereocenters. The van der Waals surface area contributed by atoms with Gasteiger partial charge in [-0.2, -0.15) is 0 Å². The number of nitrogens with zero attached hydrogens (tertiary/aromatic N) is 2. The Hall–Kier alpha value is -0.570. The summed E-state index contributed by atoms with van der Waals surface area (Å²) in [6.45, 7) is 4.64. The lowest BCUT2D eigenvalue weighted by Gasteiger charge is -2.17. The molecule has 0 N–H and O–H groups in total. The van der Waals surface area contributed by atoms with E-state index in [1.54, 1.807) is 0 Å². The van der Waals surface area contributed by atoms with Crippen LogP contribution < -0.4 is 4.90 Å². The molecule has 0 aliphatic carbocycles. The molecule has 1 aliphatic heterocycles. The molecule has 1 aromatic heterocycles. The Morgan fingerprint density at radius 2 is 2.43 bits per heavy atom. The molecule has 2 nitrogen and oxygen atoms in total. The summed E-state index contributed by atoms with van der Waals surface area (Å²) in [5.74, 6) is 0.869. The predicted octanol–water partition coefficient (Wildman–Crippen LogP) is 3.08. The van der Waals surface area contributed by atoms with E-state index in [1.165, 1.54) is 31.6 Å². The number of anilines is 1. The Balaban J connectivity index is 2.09. The van der Waals surface area contributed by atoms with Crippen molar-refractivity contribution in [2.75, 3.05) is 18.0 Å². The van der Waals surface area contributed by atoms with Crippen LogP contribution in [0.4, 0.5) is 5.69 Å². The Labute approximate surface area is 93.5 Å². The lowest BCUT2D eigenvalue weighted by molar-refractivity contribution is 0.569. The van der Waals surface area contributed by atoms with Crippen molar-refractivity contribution in [3.8, 4) is 0 Å². The van der Waals surface area contributed by atoms with E-state index in [0.717, 1.165) is 10.4 Å². The molecule has 0 amide bonds. The topological polar surface area (TPSA) is 16.1 Å². The maximum absolute atomic E-state index is 4.19. The number of hydrogen-bond acceptors (Lipinski definition) is 2. The van der Waals surface area contributed by atoms with Gasteiger partial charge in [0.25, 0.3) is 0 Å². The molecule has 14 heavy (non-hydrogen) atoms. The number of rotatable bonds is 2. The van der Waals surface area contributed by atoms with Crippen LogP contribution in [0.1, 0.15) is 19.8 Å². The molecular formula is C11H15BrN2. The monoisotopic (exact) mass is 254 g/mol. The second-order valence-corrected chi connectivity index (χ2v) is 4.79. The molecule has 2 rings (SSSR count). The highest BCUT2D eigenvalue weighted by Crippen LogP contribution is 2.26. The molecule has 2 heterocycles. The van der Waals surface area contributed by atoms with Crippen molar-refractivity contribution < 1.29 is 0 Å². The SMILES string of the molecule is CCC1CCN(c2cncc(Br)c2)C1. The third-order valence-electron chi connectivity index (χ3n) is 2.92. The Morgan fingerprint density at radius 3 is 3.07 bits per heavy atom. The van der Waals surface area contributed by atoms with Crippen LogP contribution in [0.5, 0.6) is 0 Å². The maximum atomic E-state index is 4.19. The number of aromatic nitrogens is 1. The molecular weight excluding hydrogens is 240 g/mol. The molecule has 0 bridgehead atoms. The van der Waals surface area contributed by atoms with E-state index in [1.807, 2.05) is 12.4 Å². The normalized spacial score (nSPS) is 21.6. The highest BCUT2D eigenvalue weighted by atomic mass is 79.9. The molecule has 76 valence electrons. The van der Waals surface area contributed by atoms with E-state index >= 15 is 0 Å². The minimum absolute atomic E-state index is 0.869. The molecule has 0 saturated carbocycles. The van der Waals surface area contributed by atoms with Gasteiger partial charge in [0, 0.05) is 23.8 Å². The molecule has 1 aliphatic rings. The fourth-order valence-corrected chi connectivity index (χ4v) is 2.33. The van der Waals surface area contributed by atoms with Gasteiger partial charge in [-0.1, -0.05) is 13.3 Å². The van der Waals surface area contributed by atoms with Crippen LogP contribution in [0, 0.1) is 5.92 Å². The third-order valence-corrected chi connectivity index (χ3v) is 3.35. The number of halogens is 1. The zero-order chi connectivity index (χ0) is 9.97. The van der Waals surface area contributed by atoms with Crippen molar-refractivity contribution >= 4 is 21.6 Å². The molecule has 0 spiro atoms.